The first-order chi connectivity index (χ1) is 10.0. The summed E-state index contributed by atoms with van der Waals surface area (Å²) in [5.41, 5.74) is 4.28. The third-order valence-corrected chi connectivity index (χ3v) is 3.84. The number of benzene rings is 1. The zero-order valence-electron chi connectivity index (χ0n) is 13.1. The summed E-state index contributed by atoms with van der Waals surface area (Å²) in [7, 11) is 0. The Morgan fingerprint density at radius 2 is 1.86 bits per heavy atom. The van der Waals surface area contributed by atoms with Crippen molar-refractivity contribution in [3.05, 3.63) is 46.2 Å². The van der Waals surface area contributed by atoms with Gasteiger partial charge in [-0.25, -0.2) is 9.97 Å². The first kappa shape index (κ1) is 15.9. The van der Waals surface area contributed by atoms with Crippen molar-refractivity contribution in [2.24, 2.45) is 0 Å². The molecule has 1 N–H and O–H groups in total. The van der Waals surface area contributed by atoms with E-state index in [0.717, 1.165) is 35.9 Å². The lowest BCUT2D eigenvalue weighted by atomic mass is 9.97. The standard InChI is InChI=1S/C17H22ClN3/c1-5-19-10-11(2)16-12(3)20-17(21-13(16)4)14-7-6-8-15(18)9-14/h6-9,11,19H,5,10H2,1-4H3. The number of hydrogen-bond acceptors (Lipinski definition) is 3. The molecule has 2 aromatic rings. The third-order valence-electron chi connectivity index (χ3n) is 3.60. The van der Waals surface area contributed by atoms with Gasteiger partial charge in [-0.05, 0) is 44.0 Å². The van der Waals surface area contributed by atoms with E-state index in [9.17, 15) is 0 Å². The van der Waals surface area contributed by atoms with Crippen molar-refractivity contribution in [3.63, 3.8) is 0 Å². The van der Waals surface area contributed by atoms with Crippen LogP contribution in [0.2, 0.25) is 5.02 Å². The van der Waals surface area contributed by atoms with Crippen LogP contribution in [0, 0.1) is 13.8 Å². The van der Waals surface area contributed by atoms with E-state index in [4.69, 9.17) is 11.6 Å². The molecule has 0 radical (unpaired) electrons. The SMILES string of the molecule is CCNCC(C)c1c(C)nc(-c2cccc(Cl)c2)nc1C. The number of nitrogens with one attached hydrogen (secondary N) is 1. The lowest BCUT2D eigenvalue weighted by Gasteiger charge is -2.17. The lowest BCUT2D eigenvalue weighted by Crippen LogP contribution is -2.21. The van der Waals surface area contributed by atoms with Gasteiger partial charge in [-0.15, -0.1) is 0 Å². The summed E-state index contributed by atoms with van der Waals surface area (Å²) in [6, 6.07) is 7.67. The van der Waals surface area contributed by atoms with Gasteiger partial charge in [-0.2, -0.15) is 0 Å². The molecule has 0 bridgehead atoms. The van der Waals surface area contributed by atoms with Gasteiger partial charge in [0.25, 0.3) is 0 Å². The van der Waals surface area contributed by atoms with Crippen LogP contribution in [0.3, 0.4) is 0 Å². The van der Waals surface area contributed by atoms with Crippen LogP contribution >= 0.6 is 11.6 Å². The molecule has 21 heavy (non-hydrogen) atoms. The summed E-state index contributed by atoms with van der Waals surface area (Å²) in [6.07, 6.45) is 0. The second-order valence-corrected chi connectivity index (χ2v) is 5.79. The molecule has 1 heterocycles. The summed E-state index contributed by atoms with van der Waals surface area (Å²) in [6.45, 7) is 10.4. The lowest BCUT2D eigenvalue weighted by molar-refractivity contribution is 0.624. The Hall–Kier alpha value is -1.45. The van der Waals surface area contributed by atoms with Gasteiger partial charge >= 0.3 is 0 Å². The molecule has 0 aliphatic heterocycles. The molecule has 0 saturated carbocycles. The van der Waals surface area contributed by atoms with Crippen LogP contribution in [0.5, 0.6) is 0 Å². The average molecular weight is 304 g/mol. The highest BCUT2D eigenvalue weighted by molar-refractivity contribution is 6.30. The predicted octanol–water partition coefficient (Wildman–Crippen LogP) is 4.13. The summed E-state index contributed by atoms with van der Waals surface area (Å²) in [4.78, 5) is 9.35. The maximum atomic E-state index is 6.05. The van der Waals surface area contributed by atoms with Gasteiger partial charge < -0.3 is 5.32 Å². The van der Waals surface area contributed by atoms with Gasteiger partial charge in [0.05, 0.1) is 0 Å². The van der Waals surface area contributed by atoms with Crippen molar-refractivity contribution in [3.8, 4) is 11.4 Å². The van der Waals surface area contributed by atoms with Gasteiger partial charge in [-0.3, -0.25) is 0 Å². The van der Waals surface area contributed by atoms with Crippen molar-refractivity contribution in [2.75, 3.05) is 13.1 Å². The van der Waals surface area contributed by atoms with Crippen LogP contribution in [-0.2, 0) is 0 Å². The Morgan fingerprint density at radius 3 is 2.43 bits per heavy atom. The van der Waals surface area contributed by atoms with Gasteiger partial charge in [0.2, 0.25) is 0 Å². The van der Waals surface area contributed by atoms with E-state index in [2.05, 4.69) is 43.0 Å². The Morgan fingerprint density at radius 1 is 1.19 bits per heavy atom. The number of aromatic nitrogens is 2. The maximum Gasteiger partial charge on any atom is 0.159 e. The Bertz CT molecular complexity index is 602. The fraction of sp³-hybridized carbons (Fsp3) is 0.412. The largest absolute Gasteiger partial charge is 0.316 e. The van der Waals surface area contributed by atoms with Crippen LogP contribution in [-0.4, -0.2) is 23.1 Å². The Kier molecular flexibility index (Phi) is 5.32. The molecule has 4 heteroatoms. The zero-order chi connectivity index (χ0) is 15.4. The second-order valence-electron chi connectivity index (χ2n) is 5.35. The van der Waals surface area contributed by atoms with Crippen molar-refractivity contribution < 1.29 is 0 Å². The normalized spacial score (nSPS) is 12.4. The fourth-order valence-electron chi connectivity index (χ4n) is 2.66. The number of likely N-dealkylation sites (N-methyl/N-ethyl adjacent to an activating group) is 1. The quantitative estimate of drug-likeness (QED) is 0.902. The second kappa shape index (κ2) is 7.01. The number of hydrogen-bond donors (Lipinski definition) is 1. The third kappa shape index (κ3) is 3.80. The van der Waals surface area contributed by atoms with Gasteiger partial charge in [0.1, 0.15) is 0 Å². The van der Waals surface area contributed by atoms with Crippen LogP contribution in [0.4, 0.5) is 0 Å². The molecule has 0 amide bonds. The molecule has 0 aliphatic rings. The average Bonchev–Trinajstić information content (AvgIpc) is 2.44. The molecule has 1 atom stereocenters. The van der Waals surface area contributed by atoms with Crippen molar-refractivity contribution in [1.82, 2.24) is 15.3 Å². The smallest absolute Gasteiger partial charge is 0.159 e. The summed E-state index contributed by atoms with van der Waals surface area (Å²) < 4.78 is 0. The molecule has 0 saturated heterocycles. The van der Waals surface area contributed by atoms with E-state index in [0.29, 0.717) is 10.9 Å². The zero-order valence-corrected chi connectivity index (χ0v) is 13.8. The molecule has 1 unspecified atom stereocenters. The number of nitrogens with zero attached hydrogens (tertiary/aromatic N) is 2. The molecular formula is C17H22ClN3. The molecule has 0 aliphatic carbocycles. The van der Waals surface area contributed by atoms with Crippen molar-refractivity contribution in [1.29, 1.82) is 0 Å². The molecular weight excluding hydrogens is 282 g/mol. The van der Waals surface area contributed by atoms with E-state index >= 15 is 0 Å². The Labute approximate surface area is 131 Å². The molecule has 0 spiro atoms. The highest BCUT2D eigenvalue weighted by Gasteiger charge is 2.15. The van der Waals surface area contributed by atoms with Crippen LogP contribution < -0.4 is 5.32 Å². The minimum Gasteiger partial charge on any atom is -0.316 e. The summed E-state index contributed by atoms with van der Waals surface area (Å²) in [5, 5.41) is 4.09. The van der Waals surface area contributed by atoms with Crippen molar-refractivity contribution in [2.45, 2.75) is 33.6 Å². The van der Waals surface area contributed by atoms with E-state index in [1.807, 2.05) is 24.3 Å². The van der Waals surface area contributed by atoms with E-state index < -0.39 is 0 Å². The molecule has 112 valence electrons. The molecule has 0 fully saturated rings. The monoisotopic (exact) mass is 303 g/mol. The van der Waals surface area contributed by atoms with E-state index in [1.165, 1.54) is 5.56 Å². The number of rotatable bonds is 5. The van der Waals surface area contributed by atoms with Gasteiger partial charge in [0, 0.05) is 28.5 Å². The first-order valence-corrected chi connectivity index (χ1v) is 7.72. The highest BCUT2D eigenvalue weighted by atomic mass is 35.5. The van der Waals surface area contributed by atoms with Crippen LogP contribution in [0.15, 0.2) is 24.3 Å². The molecule has 3 nitrogen and oxygen atoms in total. The first-order valence-electron chi connectivity index (χ1n) is 7.34. The van der Waals surface area contributed by atoms with Gasteiger partial charge in [0.15, 0.2) is 5.82 Å². The summed E-state index contributed by atoms with van der Waals surface area (Å²) in [5.74, 6) is 1.14. The maximum absolute atomic E-state index is 6.05. The van der Waals surface area contributed by atoms with E-state index in [-0.39, 0.29) is 0 Å². The Balaban J connectivity index is 2.37. The minimum atomic E-state index is 0.401. The topological polar surface area (TPSA) is 37.8 Å². The number of halogens is 1. The van der Waals surface area contributed by atoms with Crippen LogP contribution in [0.1, 0.15) is 36.7 Å². The van der Waals surface area contributed by atoms with E-state index in [1.54, 1.807) is 0 Å². The molecule has 1 aromatic carbocycles. The highest BCUT2D eigenvalue weighted by Crippen LogP contribution is 2.25. The summed E-state index contributed by atoms with van der Waals surface area (Å²) >= 11 is 6.05. The minimum absolute atomic E-state index is 0.401. The molecule has 1 aromatic heterocycles. The van der Waals surface area contributed by atoms with Gasteiger partial charge in [-0.1, -0.05) is 37.6 Å². The predicted molar refractivity (Wildman–Crippen MR) is 88.9 cm³/mol. The fourth-order valence-corrected chi connectivity index (χ4v) is 2.85. The molecule has 2 rings (SSSR count). The van der Waals surface area contributed by atoms with Crippen LogP contribution in [0.25, 0.3) is 11.4 Å². The number of aryl methyl sites for hydroxylation is 2. The van der Waals surface area contributed by atoms with Crippen molar-refractivity contribution >= 4 is 11.6 Å².